The first-order valence-corrected chi connectivity index (χ1v) is 12.1. The normalized spacial score (nSPS) is 13.7. The van der Waals surface area contributed by atoms with E-state index >= 15 is 0 Å². The van der Waals surface area contributed by atoms with Crippen LogP contribution in [0, 0.1) is 6.92 Å². The number of nitrogens with one attached hydrogen (secondary N) is 1. The number of carbonyl (C=O) groups excluding carboxylic acids is 1. The van der Waals surface area contributed by atoms with Gasteiger partial charge in [-0.3, -0.25) is 4.98 Å². The average molecular weight is 471 g/mol. The first-order valence-electron chi connectivity index (χ1n) is 12.1. The number of carbonyl (C=O) groups is 1. The Labute approximate surface area is 205 Å². The maximum Gasteiger partial charge on any atom is 0.407 e. The third kappa shape index (κ3) is 5.35. The number of fused-ring (bicyclic) bond motifs is 3. The van der Waals surface area contributed by atoms with Crippen LogP contribution in [-0.2, 0) is 16.1 Å². The smallest absolute Gasteiger partial charge is 0.407 e. The van der Waals surface area contributed by atoms with E-state index in [9.17, 15) is 4.79 Å². The summed E-state index contributed by atoms with van der Waals surface area (Å²) in [4.78, 5) is 23.6. The lowest BCUT2D eigenvalue weighted by Crippen LogP contribution is -2.52. The zero-order valence-electron chi connectivity index (χ0n) is 19.9. The van der Waals surface area contributed by atoms with Crippen LogP contribution >= 0.6 is 0 Å². The summed E-state index contributed by atoms with van der Waals surface area (Å²) in [5.74, 6) is 1.00. The summed E-state index contributed by atoms with van der Waals surface area (Å²) in [5, 5.41) is 6.25. The number of benzene rings is 2. The van der Waals surface area contributed by atoms with E-state index in [1.54, 1.807) is 0 Å². The van der Waals surface area contributed by atoms with Crippen molar-refractivity contribution in [2.45, 2.75) is 32.5 Å². The molecule has 7 nitrogen and oxygen atoms in total. The molecule has 0 aliphatic carbocycles. The minimum absolute atomic E-state index is 0.199. The zero-order valence-corrected chi connectivity index (χ0v) is 19.9. The number of alkyl carbamates (subject to hydrolysis) is 1. The molecule has 1 fully saturated rings. The molecule has 0 saturated carbocycles. The Morgan fingerprint density at radius 2 is 1.83 bits per heavy atom. The van der Waals surface area contributed by atoms with Crippen LogP contribution in [-0.4, -0.2) is 48.4 Å². The minimum Gasteiger partial charge on any atom is -0.445 e. The highest BCUT2D eigenvalue weighted by atomic mass is 16.5. The van der Waals surface area contributed by atoms with Crippen LogP contribution in [0.1, 0.15) is 24.1 Å². The Morgan fingerprint density at radius 1 is 1.03 bits per heavy atom. The van der Waals surface area contributed by atoms with Gasteiger partial charge in [-0.25, -0.2) is 9.78 Å². The summed E-state index contributed by atoms with van der Waals surface area (Å²) in [6.07, 6.45) is 3.41. The van der Waals surface area contributed by atoms with Gasteiger partial charge in [0.2, 0.25) is 0 Å². The molecule has 3 heterocycles. The van der Waals surface area contributed by atoms with Gasteiger partial charge in [0.1, 0.15) is 12.4 Å². The number of unbranched alkanes of at least 4 members (excludes halogenated alkanes) is 1. The predicted molar refractivity (Wildman–Crippen MR) is 138 cm³/mol. The first-order chi connectivity index (χ1) is 17.2. The number of hydrogen-bond donors (Lipinski definition) is 1. The lowest BCUT2D eigenvalue weighted by Gasteiger charge is -2.40. The van der Waals surface area contributed by atoms with Gasteiger partial charge in [-0.15, -0.1) is 0 Å². The molecule has 0 spiro atoms. The molecule has 0 bridgehead atoms. The van der Waals surface area contributed by atoms with Crippen molar-refractivity contribution in [3.05, 3.63) is 78.1 Å². The average Bonchev–Trinajstić information content (AvgIpc) is 2.86. The van der Waals surface area contributed by atoms with E-state index in [1.165, 1.54) is 5.39 Å². The highest BCUT2D eigenvalue weighted by molar-refractivity contribution is 6.11. The third-order valence-electron chi connectivity index (χ3n) is 6.34. The van der Waals surface area contributed by atoms with E-state index in [2.05, 4.69) is 40.3 Å². The molecule has 2 aromatic heterocycles. The van der Waals surface area contributed by atoms with Gasteiger partial charge in [-0.1, -0.05) is 48.5 Å². The first kappa shape index (κ1) is 23.1. The van der Waals surface area contributed by atoms with Gasteiger partial charge in [0.05, 0.1) is 11.6 Å². The zero-order chi connectivity index (χ0) is 24.0. The van der Waals surface area contributed by atoms with Gasteiger partial charge in [-0.2, -0.15) is 0 Å². The molecule has 0 unspecified atom stereocenters. The molecule has 1 saturated heterocycles. The van der Waals surface area contributed by atoms with E-state index in [0.29, 0.717) is 13.2 Å². The number of aryl methyl sites for hydroxylation is 1. The van der Waals surface area contributed by atoms with Crippen LogP contribution in [0.15, 0.2) is 66.9 Å². The second-order valence-corrected chi connectivity index (χ2v) is 8.86. The Balaban J connectivity index is 1.05. The maximum absolute atomic E-state index is 11.8. The summed E-state index contributed by atoms with van der Waals surface area (Å²) in [5.41, 5.74) is 2.99. The number of aromatic nitrogens is 2. The second-order valence-electron chi connectivity index (χ2n) is 8.86. The lowest BCUT2D eigenvalue weighted by atomic mass is 10.0. The fraction of sp³-hybridized carbons (Fsp3) is 0.321. The number of ether oxygens (including phenoxy) is 2. The second kappa shape index (κ2) is 10.7. The minimum atomic E-state index is -0.384. The molecule has 2 aromatic carbocycles. The van der Waals surface area contributed by atoms with Crippen LogP contribution in [0.25, 0.3) is 21.7 Å². The summed E-state index contributed by atoms with van der Waals surface area (Å²) >= 11 is 0. The van der Waals surface area contributed by atoms with Gasteiger partial charge in [0.25, 0.3) is 0 Å². The Morgan fingerprint density at radius 3 is 2.69 bits per heavy atom. The highest BCUT2D eigenvalue weighted by Gasteiger charge is 2.30. The van der Waals surface area contributed by atoms with E-state index in [0.717, 1.165) is 59.3 Å². The van der Waals surface area contributed by atoms with Crippen molar-refractivity contribution in [1.82, 2.24) is 15.3 Å². The number of para-hydroxylation sites is 1. The predicted octanol–water partition coefficient (Wildman–Crippen LogP) is 5.00. The van der Waals surface area contributed by atoms with Gasteiger partial charge >= 0.3 is 6.09 Å². The Bertz CT molecular complexity index is 1310. The molecule has 4 aromatic rings. The molecule has 7 heteroatoms. The molecule has 35 heavy (non-hydrogen) atoms. The summed E-state index contributed by atoms with van der Waals surface area (Å²) in [6, 6.07) is 20.0. The van der Waals surface area contributed by atoms with Crippen molar-refractivity contribution in [2.24, 2.45) is 0 Å². The van der Waals surface area contributed by atoms with Crippen LogP contribution in [0.4, 0.5) is 10.6 Å². The van der Waals surface area contributed by atoms with Crippen molar-refractivity contribution < 1.29 is 14.3 Å². The van der Waals surface area contributed by atoms with Crippen molar-refractivity contribution in [3.63, 3.8) is 0 Å². The molecule has 5 rings (SSSR count). The quantitative estimate of drug-likeness (QED) is 0.274. The van der Waals surface area contributed by atoms with Crippen molar-refractivity contribution in [1.29, 1.82) is 0 Å². The summed E-state index contributed by atoms with van der Waals surface area (Å²) in [7, 11) is 0. The number of rotatable bonds is 9. The number of nitrogens with zero attached hydrogens (tertiary/aromatic N) is 3. The molecular formula is C28H30N4O3. The molecule has 0 atom stereocenters. The van der Waals surface area contributed by atoms with E-state index in [1.807, 2.05) is 48.7 Å². The molecule has 180 valence electrons. The van der Waals surface area contributed by atoms with Crippen LogP contribution in [0.2, 0.25) is 0 Å². The molecule has 1 aliphatic heterocycles. The number of pyridine rings is 2. The Hall–Kier alpha value is -3.71. The summed E-state index contributed by atoms with van der Waals surface area (Å²) in [6.45, 7) is 5.24. The molecule has 1 amide bonds. The van der Waals surface area contributed by atoms with Crippen LogP contribution in [0.5, 0.6) is 0 Å². The number of anilines is 1. The monoisotopic (exact) mass is 470 g/mol. The standard InChI is InChI=1S/C28H30N4O3/c1-20-26-23-11-5-6-12-25(23)31-27(24(26)13-15-29-20)32-17-22(18-32)34-16-8-7-14-30-28(33)35-19-21-9-3-2-4-10-21/h2-6,9-13,15,22H,7-8,14,16-19H2,1H3,(H,30,33). The number of amides is 1. The SMILES string of the molecule is Cc1nccc2c(N3CC(OCCCCNC(=O)OCc4ccccc4)C3)nc3ccccc3c12. The van der Waals surface area contributed by atoms with Crippen LogP contribution < -0.4 is 10.2 Å². The van der Waals surface area contributed by atoms with Crippen molar-refractivity contribution in [3.8, 4) is 0 Å². The lowest BCUT2D eigenvalue weighted by molar-refractivity contribution is 0.0320. The maximum atomic E-state index is 11.8. The highest BCUT2D eigenvalue weighted by Crippen LogP contribution is 2.34. The number of hydrogen-bond acceptors (Lipinski definition) is 6. The molecular weight excluding hydrogens is 440 g/mol. The molecule has 1 aliphatic rings. The third-order valence-corrected chi connectivity index (χ3v) is 6.34. The molecule has 1 N–H and O–H groups in total. The van der Waals surface area contributed by atoms with Gasteiger partial charge < -0.3 is 19.7 Å². The fourth-order valence-electron chi connectivity index (χ4n) is 4.45. The summed E-state index contributed by atoms with van der Waals surface area (Å²) < 4.78 is 11.3. The van der Waals surface area contributed by atoms with E-state index in [-0.39, 0.29) is 18.8 Å². The largest absolute Gasteiger partial charge is 0.445 e. The van der Waals surface area contributed by atoms with Crippen molar-refractivity contribution >= 4 is 33.6 Å². The van der Waals surface area contributed by atoms with Crippen LogP contribution in [0.3, 0.4) is 0 Å². The van der Waals surface area contributed by atoms with Gasteiger partial charge in [0, 0.05) is 54.3 Å². The van der Waals surface area contributed by atoms with E-state index < -0.39 is 0 Å². The van der Waals surface area contributed by atoms with E-state index in [4.69, 9.17) is 14.5 Å². The van der Waals surface area contributed by atoms with Crippen molar-refractivity contribution in [2.75, 3.05) is 31.1 Å². The molecule has 0 radical (unpaired) electrons. The van der Waals surface area contributed by atoms with Gasteiger partial charge in [0.15, 0.2) is 0 Å². The van der Waals surface area contributed by atoms with Gasteiger partial charge in [-0.05, 0) is 37.5 Å². The fourth-order valence-corrected chi connectivity index (χ4v) is 4.45. The Kier molecular flexibility index (Phi) is 7.04. The topological polar surface area (TPSA) is 76.6 Å².